The van der Waals surface area contributed by atoms with Crippen molar-refractivity contribution in [1.29, 1.82) is 0 Å². The molecule has 2 aromatic heterocycles. The van der Waals surface area contributed by atoms with E-state index in [2.05, 4.69) is 5.10 Å². The minimum atomic E-state index is -0.294. The smallest absolute Gasteiger partial charge is 0.299 e. The molecule has 0 radical (unpaired) electrons. The van der Waals surface area contributed by atoms with Gasteiger partial charge >= 0.3 is 0 Å². The van der Waals surface area contributed by atoms with Gasteiger partial charge in [0.1, 0.15) is 0 Å². The van der Waals surface area contributed by atoms with Gasteiger partial charge in [0.05, 0.1) is 16.7 Å². The number of aromatic nitrogens is 5. The molecule has 172 valence electrons. The maximum atomic E-state index is 13.9. The molecule has 8 nitrogen and oxygen atoms in total. The Labute approximate surface area is 202 Å². The van der Waals surface area contributed by atoms with Gasteiger partial charge in [0.15, 0.2) is 17.5 Å². The third-order valence-corrected chi connectivity index (χ3v) is 6.10. The van der Waals surface area contributed by atoms with Gasteiger partial charge in [0.2, 0.25) is 5.82 Å². The lowest BCUT2D eigenvalue weighted by Gasteiger charge is -2.21. The number of para-hydroxylation sites is 3. The van der Waals surface area contributed by atoms with Gasteiger partial charge in [0, 0.05) is 25.7 Å². The Balaban J connectivity index is 1.48. The summed E-state index contributed by atoms with van der Waals surface area (Å²) in [7, 11) is 1.98. The highest BCUT2D eigenvalue weighted by Crippen LogP contribution is 2.31. The molecule has 0 unspecified atom stereocenters. The van der Waals surface area contributed by atoms with E-state index in [4.69, 9.17) is 15.0 Å². The topological polar surface area (TPSA) is 80.0 Å². The summed E-state index contributed by atoms with van der Waals surface area (Å²) >= 11 is 0. The van der Waals surface area contributed by atoms with Gasteiger partial charge in [-0.2, -0.15) is 0 Å². The molecule has 0 spiro atoms. The average molecular weight is 462 g/mol. The summed E-state index contributed by atoms with van der Waals surface area (Å²) in [4.78, 5) is 32.0. The molecule has 5 aromatic rings. The van der Waals surface area contributed by atoms with Crippen LogP contribution in [0.15, 0.2) is 84.9 Å². The summed E-state index contributed by atoms with van der Waals surface area (Å²) in [5.41, 5.74) is 3.25. The normalized spacial score (nSPS) is 13.5. The zero-order chi connectivity index (χ0) is 23.8. The Morgan fingerprint density at radius 3 is 2.09 bits per heavy atom. The number of fused-ring (bicyclic) bond motifs is 2. The number of carbonyl (C=O) groups excluding carboxylic acids is 1. The Bertz CT molecular complexity index is 1460. The summed E-state index contributed by atoms with van der Waals surface area (Å²) in [6.07, 6.45) is 0.779. The van der Waals surface area contributed by atoms with E-state index in [1.807, 2.05) is 96.9 Å². The summed E-state index contributed by atoms with van der Waals surface area (Å²) in [5, 5.41) is 4.67. The van der Waals surface area contributed by atoms with Crippen LogP contribution in [-0.4, -0.2) is 50.8 Å². The molecule has 0 fully saturated rings. The number of hydrogen-bond acceptors (Lipinski definition) is 6. The summed E-state index contributed by atoms with van der Waals surface area (Å²) in [6.45, 7) is 1.27. The van der Waals surface area contributed by atoms with E-state index in [-0.39, 0.29) is 11.7 Å². The lowest BCUT2D eigenvalue weighted by atomic mass is 10.2. The quantitative estimate of drug-likeness (QED) is 0.397. The van der Waals surface area contributed by atoms with E-state index in [1.165, 1.54) is 0 Å². The number of amides is 1. The van der Waals surface area contributed by atoms with Crippen molar-refractivity contribution >= 4 is 28.6 Å². The molecule has 0 bridgehead atoms. The molecular weight excluding hydrogens is 438 g/mol. The highest BCUT2D eigenvalue weighted by atomic mass is 16.2. The molecule has 0 saturated heterocycles. The molecule has 35 heavy (non-hydrogen) atoms. The van der Waals surface area contributed by atoms with E-state index in [9.17, 15) is 4.79 Å². The van der Waals surface area contributed by atoms with Crippen LogP contribution in [-0.2, 0) is 0 Å². The molecule has 3 aromatic carbocycles. The van der Waals surface area contributed by atoms with Crippen LogP contribution in [0.3, 0.4) is 0 Å². The van der Waals surface area contributed by atoms with E-state index < -0.39 is 0 Å². The molecular formula is C27H23N7O. The molecule has 0 N–H and O–H groups in total. The van der Waals surface area contributed by atoms with E-state index in [0.29, 0.717) is 24.0 Å². The molecule has 1 amide bonds. The summed E-state index contributed by atoms with van der Waals surface area (Å²) in [6, 6.07) is 27.2. The van der Waals surface area contributed by atoms with Gasteiger partial charge in [-0.05, 0) is 30.7 Å². The van der Waals surface area contributed by atoms with E-state index in [1.54, 1.807) is 9.58 Å². The fourth-order valence-corrected chi connectivity index (χ4v) is 4.34. The second-order valence-electron chi connectivity index (χ2n) is 8.46. The molecule has 0 aliphatic carbocycles. The second kappa shape index (κ2) is 8.64. The van der Waals surface area contributed by atoms with Crippen molar-refractivity contribution in [2.75, 3.05) is 29.9 Å². The maximum absolute atomic E-state index is 13.9. The Kier molecular flexibility index (Phi) is 5.18. The zero-order valence-electron chi connectivity index (χ0n) is 19.2. The second-order valence-corrected chi connectivity index (χ2v) is 8.46. The van der Waals surface area contributed by atoms with Crippen molar-refractivity contribution in [3.63, 3.8) is 0 Å². The van der Waals surface area contributed by atoms with Crippen LogP contribution in [0.4, 0.5) is 11.6 Å². The van der Waals surface area contributed by atoms with Gasteiger partial charge in [-0.15, -0.1) is 5.10 Å². The van der Waals surface area contributed by atoms with Crippen LogP contribution in [0.5, 0.6) is 0 Å². The van der Waals surface area contributed by atoms with Crippen molar-refractivity contribution in [3.8, 4) is 17.1 Å². The van der Waals surface area contributed by atoms with Crippen molar-refractivity contribution in [2.24, 2.45) is 0 Å². The molecule has 0 atom stereocenters. The number of rotatable bonds is 3. The average Bonchev–Trinajstić information content (AvgIpc) is 3.30. The van der Waals surface area contributed by atoms with E-state index >= 15 is 0 Å². The van der Waals surface area contributed by atoms with Gasteiger partial charge in [0.25, 0.3) is 5.91 Å². The SMILES string of the molecule is CN1CCCN(C(=O)c2nc(-c3ccccc3)n(-c3ccccc3)n2)c2nc3ccccc3nc21. The lowest BCUT2D eigenvalue weighted by molar-refractivity contribution is 0.0976. The van der Waals surface area contributed by atoms with Crippen LogP contribution < -0.4 is 9.80 Å². The van der Waals surface area contributed by atoms with Gasteiger partial charge < -0.3 is 4.90 Å². The van der Waals surface area contributed by atoms with Crippen LogP contribution in [0, 0.1) is 0 Å². The third-order valence-electron chi connectivity index (χ3n) is 6.10. The number of carbonyl (C=O) groups is 1. The zero-order valence-corrected chi connectivity index (χ0v) is 19.2. The van der Waals surface area contributed by atoms with Gasteiger partial charge in [-0.3, -0.25) is 9.69 Å². The largest absolute Gasteiger partial charge is 0.357 e. The van der Waals surface area contributed by atoms with Gasteiger partial charge in [-0.25, -0.2) is 19.6 Å². The minimum Gasteiger partial charge on any atom is -0.357 e. The molecule has 6 rings (SSSR count). The first-order chi connectivity index (χ1) is 17.2. The standard InChI is InChI=1S/C27H23N7O/c1-32-17-10-18-33(26-25(32)28-21-15-8-9-16-22(21)29-26)27(35)23-30-24(19-11-4-2-5-12-19)34(31-23)20-13-6-3-7-14-20/h2-9,11-16H,10,17-18H2,1H3. The number of nitrogens with zero attached hydrogens (tertiary/aromatic N) is 7. The Hall–Kier alpha value is -4.59. The predicted octanol–water partition coefficient (Wildman–Crippen LogP) is 4.36. The summed E-state index contributed by atoms with van der Waals surface area (Å²) < 4.78 is 1.72. The van der Waals surface area contributed by atoms with Crippen molar-refractivity contribution in [2.45, 2.75) is 6.42 Å². The molecule has 8 heteroatoms. The third kappa shape index (κ3) is 3.78. The first-order valence-corrected chi connectivity index (χ1v) is 11.6. The van der Waals surface area contributed by atoms with Crippen LogP contribution in [0.1, 0.15) is 17.0 Å². The van der Waals surface area contributed by atoms with Crippen LogP contribution in [0.2, 0.25) is 0 Å². The molecule has 0 saturated carbocycles. The lowest BCUT2D eigenvalue weighted by Crippen LogP contribution is -2.33. The highest BCUT2D eigenvalue weighted by molar-refractivity contribution is 6.05. The first-order valence-electron chi connectivity index (χ1n) is 11.6. The highest BCUT2D eigenvalue weighted by Gasteiger charge is 2.30. The molecule has 1 aliphatic heterocycles. The number of anilines is 2. The van der Waals surface area contributed by atoms with Gasteiger partial charge in [-0.1, -0.05) is 60.7 Å². The fraction of sp³-hybridized carbons (Fsp3) is 0.148. The van der Waals surface area contributed by atoms with Crippen molar-refractivity contribution in [3.05, 3.63) is 90.8 Å². The van der Waals surface area contributed by atoms with Crippen molar-refractivity contribution < 1.29 is 4.79 Å². The van der Waals surface area contributed by atoms with Crippen molar-refractivity contribution in [1.82, 2.24) is 24.7 Å². The summed E-state index contributed by atoms with van der Waals surface area (Å²) in [5.74, 6) is 1.65. The van der Waals surface area contributed by atoms with E-state index in [0.717, 1.165) is 35.2 Å². The monoisotopic (exact) mass is 461 g/mol. The van der Waals surface area contributed by atoms with Crippen LogP contribution in [0.25, 0.3) is 28.1 Å². The number of hydrogen-bond donors (Lipinski definition) is 0. The first kappa shape index (κ1) is 21.0. The minimum absolute atomic E-state index is 0.123. The number of benzene rings is 3. The van der Waals surface area contributed by atoms with Crippen LogP contribution >= 0.6 is 0 Å². The fourth-order valence-electron chi connectivity index (χ4n) is 4.34. The maximum Gasteiger partial charge on any atom is 0.299 e. The Morgan fingerprint density at radius 1 is 0.743 bits per heavy atom. The molecule has 3 heterocycles. The molecule has 1 aliphatic rings. The predicted molar refractivity (Wildman–Crippen MR) is 136 cm³/mol. The Morgan fingerprint density at radius 2 is 1.37 bits per heavy atom.